The molecule has 0 aliphatic heterocycles. The maximum absolute atomic E-state index is 12.9. The van der Waals surface area contributed by atoms with Crippen LogP contribution in [-0.4, -0.2) is 16.8 Å². The molecule has 3 aromatic rings. The average Bonchev–Trinajstić information content (AvgIpc) is 2.74. The molecule has 3 nitrogen and oxygen atoms in total. The second kappa shape index (κ2) is 9.95. The fourth-order valence-corrected chi connectivity index (χ4v) is 3.87. The van der Waals surface area contributed by atoms with Crippen molar-refractivity contribution < 1.29 is 9.90 Å². The highest BCUT2D eigenvalue weighted by molar-refractivity contribution is 7.99. The van der Waals surface area contributed by atoms with Gasteiger partial charge in [0.25, 0.3) is 0 Å². The molecule has 0 unspecified atom stereocenters. The van der Waals surface area contributed by atoms with Crippen LogP contribution < -0.4 is 5.32 Å². The van der Waals surface area contributed by atoms with Gasteiger partial charge in [0.05, 0.1) is 12.0 Å². The quantitative estimate of drug-likeness (QED) is 0.571. The van der Waals surface area contributed by atoms with E-state index in [1.54, 1.807) is 11.8 Å². The van der Waals surface area contributed by atoms with Crippen molar-refractivity contribution in [3.63, 3.8) is 0 Å². The van der Waals surface area contributed by atoms with E-state index in [0.717, 1.165) is 16.0 Å². The van der Waals surface area contributed by atoms with Crippen LogP contribution in [0.5, 0.6) is 0 Å². The number of hydrogen-bond donors (Lipinski definition) is 2. The van der Waals surface area contributed by atoms with Crippen LogP contribution in [0.15, 0.2) is 95.9 Å². The predicted molar refractivity (Wildman–Crippen MR) is 110 cm³/mol. The van der Waals surface area contributed by atoms with Gasteiger partial charge in [0.1, 0.15) is 0 Å². The summed E-state index contributed by atoms with van der Waals surface area (Å²) >= 11 is 1.58. The number of aliphatic hydroxyl groups excluding tert-OH is 1. The van der Waals surface area contributed by atoms with E-state index in [1.807, 2.05) is 91.0 Å². The van der Waals surface area contributed by atoms with Crippen LogP contribution in [0.1, 0.15) is 17.2 Å². The fourth-order valence-electron chi connectivity index (χ4n) is 2.81. The topological polar surface area (TPSA) is 49.3 Å². The zero-order chi connectivity index (χ0) is 18.9. The first-order valence-corrected chi connectivity index (χ1v) is 9.95. The molecule has 1 amide bonds. The minimum Gasteiger partial charge on any atom is -0.388 e. The van der Waals surface area contributed by atoms with Gasteiger partial charge in [0, 0.05) is 17.2 Å². The van der Waals surface area contributed by atoms with Crippen molar-refractivity contribution in [1.82, 2.24) is 5.32 Å². The van der Waals surface area contributed by atoms with E-state index in [1.165, 1.54) is 0 Å². The number of carbonyl (C=O) groups excluding carboxylic acids is 1. The van der Waals surface area contributed by atoms with E-state index in [4.69, 9.17) is 0 Å². The molecule has 27 heavy (non-hydrogen) atoms. The zero-order valence-electron chi connectivity index (χ0n) is 15.0. The third kappa shape index (κ3) is 5.71. The van der Waals surface area contributed by atoms with Gasteiger partial charge in [-0.25, -0.2) is 0 Å². The molecule has 0 fully saturated rings. The maximum Gasteiger partial charge on any atom is 0.227 e. The van der Waals surface area contributed by atoms with Gasteiger partial charge in [-0.2, -0.15) is 0 Å². The van der Waals surface area contributed by atoms with Gasteiger partial charge in [-0.3, -0.25) is 4.79 Å². The average molecular weight is 378 g/mol. The molecular weight excluding hydrogens is 354 g/mol. The molecule has 3 rings (SSSR count). The molecule has 0 radical (unpaired) electrons. The lowest BCUT2D eigenvalue weighted by Gasteiger charge is -2.22. The summed E-state index contributed by atoms with van der Waals surface area (Å²) in [5, 5.41) is 13.8. The summed E-state index contributed by atoms with van der Waals surface area (Å²) in [5.41, 5.74) is 1.79. The van der Waals surface area contributed by atoms with Crippen LogP contribution in [0.25, 0.3) is 0 Å². The van der Waals surface area contributed by atoms with E-state index in [-0.39, 0.29) is 5.91 Å². The summed E-state index contributed by atoms with van der Waals surface area (Å²) < 4.78 is 0. The van der Waals surface area contributed by atoms with Gasteiger partial charge in [0.2, 0.25) is 5.91 Å². The van der Waals surface area contributed by atoms with E-state index in [0.29, 0.717) is 12.3 Å². The van der Waals surface area contributed by atoms with Crippen LogP contribution in [0.2, 0.25) is 0 Å². The third-order valence-corrected chi connectivity index (χ3v) is 5.47. The van der Waals surface area contributed by atoms with Crippen LogP contribution in [0.3, 0.4) is 0 Å². The van der Waals surface area contributed by atoms with Crippen LogP contribution in [0.4, 0.5) is 0 Å². The molecule has 0 spiro atoms. The Morgan fingerprint density at radius 1 is 0.852 bits per heavy atom. The Hall–Kier alpha value is -2.56. The molecule has 0 bridgehead atoms. The largest absolute Gasteiger partial charge is 0.388 e. The molecule has 0 aromatic heterocycles. The minimum absolute atomic E-state index is 0.140. The van der Waals surface area contributed by atoms with E-state index >= 15 is 0 Å². The predicted octanol–water partition coefficient (Wildman–Crippen LogP) is 4.44. The Balaban J connectivity index is 1.70. The van der Waals surface area contributed by atoms with E-state index in [2.05, 4.69) is 5.32 Å². The number of benzene rings is 3. The lowest BCUT2D eigenvalue weighted by Crippen LogP contribution is -2.35. The summed E-state index contributed by atoms with van der Waals surface area (Å²) in [6.07, 6.45) is -0.849. The molecule has 4 heteroatoms. The standard InChI is InChI=1S/C23H23NO2S/c25-22(19-12-6-2-7-13-19)21(17-27-20-14-8-3-9-15-20)23(26)24-16-18-10-4-1-5-11-18/h1-15,21-22,25H,16-17H2,(H,24,26)/t21-,22+/m0/s1. The molecule has 0 aliphatic carbocycles. The molecule has 2 N–H and O–H groups in total. The third-order valence-electron chi connectivity index (χ3n) is 4.34. The number of carbonyl (C=O) groups is 1. The number of amides is 1. The number of thioether (sulfide) groups is 1. The van der Waals surface area contributed by atoms with Crippen molar-refractivity contribution in [1.29, 1.82) is 0 Å². The molecule has 138 valence electrons. The Bertz CT molecular complexity index is 825. The Morgan fingerprint density at radius 2 is 1.41 bits per heavy atom. The number of nitrogens with one attached hydrogen (secondary N) is 1. The molecule has 0 aliphatic rings. The first-order valence-electron chi connectivity index (χ1n) is 8.96. The number of aliphatic hydroxyl groups is 1. The first kappa shape index (κ1) is 19.2. The second-order valence-corrected chi connectivity index (χ2v) is 7.38. The zero-order valence-corrected chi connectivity index (χ0v) is 15.8. The van der Waals surface area contributed by atoms with Crippen LogP contribution in [-0.2, 0) is 11.3 Å². The highest BCUT2D eigenvalue weighted by atomic mass is 32.2. The molecular formula is C23H23NO2S. The lowest BCUT2D eigenvalue weighted by atomic mass is 9.96. The molecule has 2 atom stereocenters. The van der Waals surface area contributed by atoms with Gasteiger partial charge < -0.3 is 10.4 Å². The maximum atomic E-state index is 12.9. The summed E-state index contributed by atoms with van der Waals surface area (Å²) in [6.45, 7) is 0.452. The van der Waals surface area contributed by atoms with Gasteiger partial charge in [-0.1, -0.05) is 78.9 Å². The Kier molecular flexibility index (Phi) is 7.08. The highest BCUT2D eigenvalue weighted by Gasteiger charge is 2.28. The van der Waals surface area contributed by atoms with Crippen molar-refractivity contribution >= 4 is 17.7 Å². The smallest absolute Gasteiger partial charge is 0.227 e. The Morgan fingerprint density at radius 3 is 2.04 bits per heavy atom. The summed E-state index contributed by atoms with van der Waals surface area (Å²) in [5.74, 6) is -0.180. The van der Waals surface area contributed by atoms with Crippen molar-refractivity contribution in [2.24, 2.45) is 5.92 Å². The number of hydrogen-bond acceptors (Lipinski definition) is 3. The second-order valence-electron chi connectivity index (χ2n) is 6.29. The fraction of sp³-hybridized carbons (Fsp3) is 0.174. The lowest BCUT2D eigenvalue weighted by molar-refractivity contribution is -0.127. The first-order chi connectivity index (χ1) is 13.2. The van der Waals surface area contributed by atoms with Gasteiger partial charge in [-0.15, -0.1) is 11.8 Å². The van der Waals surface area contributed by atoms with E-state index in [9.17, 15) is 9.90 Å². The monoisotopic (exact) mass is 377 g/mol. The molecule has 0 saturated carbocycles. The molecule has 0 heterocycles. The Labute approximate surface area is 164 Å². The van der Waals surface area contributed by atoms with Crippen molar-refractivity contribution in [2.45, 2.75) is 17.5 Å². The summed E-state index contributed by atoms with van der Waals surface area (Å²) in [7, 11) is 0. The highest BCUT2D eigenvalue weighted by Crippen LogP contribution is 2.29. The molecule has 3 aromatic carbocycles. The van der Waals surface area contributed by atoms with Gasteiger partial charge in [0.15, 0.2) is 0 Å². The van der Waals surface area contributed by atoms with Gasteiger partial charge >= 0.3 is 0 Å². The minimum atomic E-state index is -0.849. The van der Waals surface area contributed by atoms with Crippen molar-refractivity contribution in [3.8, 4) is 0 Å². The van der Waals surface area contributed by atoms with Crippen molar-refractivity contribution in [2.75, 3.05) is 5.75 Å². The summed E-state index contributed by atoms with van der Waals surface area (Å²) in [4.78, 5) is 14.0. The molecule has 0 saturated heterocycles. The number of rotatable bonds is 8. The van der Waals surface area contributed by atoms with E-state index < -0.39 is 12.0 Å². The summed E-state index contributed by atoms with van der Waals surface area (Å²) in [6, 6.07) is 29.1. The van der Waals surface area contributed by atoms with Gasteiger partial charge in [-0.05, 0) is 23.3 Å². The SMILES string of the molecule is O=C(NCc1ccccc1)[C@@H](CSc1ccccc1)[C@H](O)c1ccccc1. The normalized spacial score (nSPS) is 12.9. The van der Waals surface area contributed by atoms with Crippen LogP contribution in [0, 0.1) is 5.92 Å². The van der Waals surface area contributed by atoms with Crippen molar-refractivity contribution in [3.05, 3.63) is 102 Å². The van der Waals surface area contributed by atoms with Crippen LogP contribution >= 0.6 is 11.8 Å².